The molecule has 1 fully saturated rings. The number of nitrogens with zero attached hydrogens (tertiary/aromatic N) is 1. The van der Waals surface area contributed by atoms with Gasteiger partial charge in [0.05, 0.1) is 0 Å². The van der Waals surface area contributed by atoms with Gasteiger partial charge in [-0.05, 0) is 26.2 Å². The van der Waals surface area contributed by atoms with Crippen molar-refractivity contribution in [2.45, 2.75) is 84.2 Å². The van der Waals surface area contributed by atoms with Gasteiger partial charge in [0.2, 0.25) is 11.8 Å². The maximum absolute atomic E-state index is 12.5. The number of carbonyl (C=O) groups excluding carboxylic acids is 2. The smallest absolute Gasteiger partial charge is 0.246 e. The summed E-state index contributed by atoms with van der Waals surface area (Å²) >= 11 is 0. The second-order valence-electron chi connectivity index (χ2n) is 5.97. The number of unbranched alkanes of at least 4 members (excludes halogenated alkanes) is 4. The quantitative estimate of drug-likeness (QED) is 0.696. The fourth-order valence-electron chi connectivity index (χ4n) is 2.79. The van der Waals surface area contributed by atoms with Gasteiger partial charge in [0, 0.05) is 6.54 Å². The van der Waals surface area contributed by atoms with Gasteiger partial charge in [0.25, 0.3) is 0 Å². The lowest BCUT2D eigenvalue weighted by molar-refractivity contribution is -0.156. The van der Waals surface area contributed by atoms with Gasteiger partial charge in [-0.2, -0.15) is 0 Å². The van der Waals surface area contributed by atoms with Crippen LogP contribution in [0.15, 0.2) is 0 Å². The molecular formula is C16H30N2O2. The van der Waals surface area contributed by atoms with Crippen LogP contribution in [-0.2, 0) is 9.59 Å². The molecule has 1 aliphatic rings. The van der Waals surface area contributed by atoms with E-state index in [1.165, 1.54) is 19.3 Å². The zero-order valence-electron chi connectivity index (χ0n) is 13.5. The van der Waals surface area contributed by atoms with Crippen LogP contribution < -0.4 is 5.32 Å². The average Bonchev–Trinajstić information content (AvgIpc) is 2.45. The minimum absolute atomic E-state index is 0.00000758. The molecule has 116 valence electrons. The van der Waals surface area contributed by atoms with Crippen LogP contribution in [0.5, 0.6) is 0 Å². The number of piperazine rings is 1. The first-order chi connectivity index (χ1) is 9.51. The van der Waals surface area contributed by atoms with Crippen LogP contribution >= 0.6 is 0 Å². The predicted octanol–water partition coefficient (Wildman–Crippen LogP) is 2.86. The summed E-state index contributed by atoms with van der Waals surface area (Å²) in [6, 6.07) is -0.335. The van der Waals surface area contributed by atoms with Crippen LogP contribution in [-0.4, -0.2) is 34.8 Å². The highest BCUT2D eigenvalue weighted by molar-refractivity contribution is 5.99. The van der Waals surface area contributed by atoms with E-state index in [-0.39, 0.29) is 17.9 Å². The maximum Gasteiger partial charge on any atom is 0.246 e. The normalized spacial score (nSPS) is 26.8. The Bertz CT molecular complexity index is 343. The van der Waals surface area contributed by atoms with Crippen LogP contribution in [0.1, 0.15) is 72.6 Å². The molecule has 1 aliphatic heterocycles. The Morgan fingerprint density at radius 1 is 1.10 bits per heavy atom. The number of amides is 2. The second-order valence-corrected chi connectivity index (χ2v) is 5.97. The lowest BCUT2D eigenvalue weighted by Gasteiger charge is -2.46. The van der Waals surface area contributed by atoms with E-state index in [0.29, 0.717) is 19.4 Å². The standard InChI is InChI=1S/C16H30N2O2/c1-5-8-9-10-11-12-18-14(19)13(6-2)17-15(20)16(18,4)7-3/h13H,5-12H2,1-4H3,(H,17,20). The van der Waals surface area contributed by atoms with E-state index in [9.17, 15) is 9.59 Å². The largest absolute Gasteiger partial charge is 0.342 e. The third-order valence-corrected chi connectivity index (χ3v) is 4.54. The molecule has 0 aromatic heterocycles. The molecule has 4 heteroatoms. The van der Waals surface area contributed by atoms with Gasteiger partial charge in [-0.3, -0.25) is 9.59 Å². The van der Waals surface area contributed by atoms with Gasteiger partial charge in [0.15, 0.2) is 0 Å². The lowest BCUT2D eigenvalue weighted by atomic mass is 9.89. The zero-order chi connectivity index (χ0) is 15.2. The van der Waals surface area contributed by atoms with Crippen molar-refractivity contribution in [1.82, 2.24) is 10.2 Å². The molecule has 2 atom stereocenters. The Kier molecular flexibility index (Phi) is 6.50. The summed E-state index contributed by atoms with van der Waals surface area (Å²) < 4.78 is 0. The van der Waals surface area contributed by atoms with Gasteiger partial charge in [-0.25, -0.2) is 0 Å². The molecule has 0 saturated carbocycles. The van der Waals surface area contributed by atoms with Crippen molar-refractivity contribution in [3.63, 3.8) is 0 Å². The molecule has 0 aromatic carbocycles. The van der Waals surface area contributed by atoms with E-state index in [0.717, 1.165) is 12.8 Å². The fourth-order valence-corrected chi connectivity index (χ4v) is 2.79. The molecule has 4 nitrogen and oxygen atoms in total. The Balaban J connectivity index is 2.69. The summed E-state index contributed by atoms with van der Waals surface area (Å²) in [4.78, 5) is 26.6. The molecule has 20 heavy (non-hydrogen) atoms. The minimum Gasteiger partial charge on any atom is -0.342 e. The number of hydrogen-bond donors (Lipinski definition) is 1. The molecule has 2 amide bonds. The van der Waals surface area contributed by atoms with Crippen molar-refractivity contribution in [3.8, 4) is 0 Å². The molecule has 1 N–H and O–H groups in total. The van der Waals surface area contributed by atoms with Gasteiger partial charge in [-0.1, -0.05) is 46.5 Å². The fraction of sp³-hybridized carbons (Fsp3) is 0.875. The van der Waals surface area contributed by atoms with E-state index in [2.05, 4.69) is 12.2 Å². The van der Waals surface area contributed by atoms with Gasteiger partial charge >= 0.3 is 0 Å². The highest BCUT2D eigenvalue weighted by atomic mass is 16.2. The number of hydrogen-bond acceptors (Lipinski definition) is 2. The van der Waals surface area contributed by atoms with Gasteiger partial charge in [0.1, 0.15) is 11.6 Å². The number of rotatable bonds is 8. The highest BCUT2D eigenvalue weighted by Crippen LogP contribution is 2.26. The van der Waals surface area contributed by atoms with Crippen LogP contribution in [0.2, 0.25) is 0 Å². The molecule has 1 rings (SSSR count). The topological polar surface area (TPSA) is 49.4 Å². The predicted molar refractivity (Wildman–Crippen MR) is 81.4 cm³/mol. The Hall–Kier alpha value is -1.06. The van der Waals surface area contributed by atoms with E-state index < -0.39 is 5.54 Å². The summed E-state index contributed by atoms with van der Waals surface area (Å²) in [7, 11) is 0. The van der Waals surface area contributed by atoms with Crippen molar-refractivity contribution in [1.29, 1.82) is 0 Å². The molecular weight excluding hydrogens is 252 g/mol. The van der Waals surface area contributed by atoms with Crippen molar-refractivity contribution in [2.75, 3.05) is 6.54 Å². The SMILES string of the molecule is CCCCCCCN1C(=O)C(CC)NC(=O)C1(C)CC. The third kappa shape index (κ3) is 3.53. The van der Waals surface area contributed by atoms with Crippen molar-refractivity contribution < 1.29 is 9.59 Å². The molecule has 2 unspecified atom stereocenters. The summed E-state index contributed by atoms with van der Waals surface area (Å²) in [6.45, 7) is 8.70. The Morgan fingerprint density at radius 3 is 2.30 bits per heavy atom. The van der Waals surface area contributed by atoms with Crippen LogP contribution in [0, 0.1) is 0 Å². The Labute approximate surface area is 123 Å². The Morgan fingerprint density at radius 2 is 1.75 bits per heavy atom. The van der Waals surface area contributed by atoms with Gasteiger partial charge < -0.3 is 10.2 Å². The number of carbonyl (C=O) groups is 2. The first-order valence-electron chi connectivity index (χ1n) is 8.13. The summed E-state index contributed by atoms with van der Waals surface area (Å²) in [5.74, 6) is 0.0898. The van der Waals surface area contributed by atoms with Gasteiger partial charge in [-0.15, -0.1) is 0 Å². The molecule has 0 bridgehead atoms. The second kappa shape index (κ2) is 7.65. The summed E-state index contributed by atoms with van der Waals surface area (Å²) in [6.07, 6.45) is 7.13. The molecule has 0 radical (unpaired) electrons. The van der Waals surface area contributed by atoms with Crippen molar-refractivity contribution in [2.24, 2.45) is 0 Å². The molecule has 0 aromatic rings. The monoisotopic (exact) mass is 282 g/mol. The van der Waals surface area contributed by atoms with Crippen molar-refractivity contribution >= 4 is 11.8 Å². The van der Waals surface area contributed by atoms with E-state index >= 15 is 0 Å². The third-order valence-electron chi connectivity index (χ3n) is 4.54. The minimum atomic E-state index is -0.673. The van der Waals surface area contributed by atoms with E-state index in [1.807, 2.05) is 25.7 Å². The highest BCUT2D eigenvalue weighted by Gasteiger charge is 2.47. The molecule has 1 saturated heterocycles. The molecule has 0 aliphatic carbocycles. The van der Waals surface area contributed by atoms with E-state index in [1.54, 1.807) is 0 Å². The van der Waals surface area contributed by atoms with Crippen LogP contribution in [0.3, 0.4) is 0 Å². The molecule has 1 heterocycles. The zero-order valence-corrected chi connectivity index (χ0v) is 13.5. The van der Waals surface area contributed by atoms with Crippen LogP contribution in [0.4, 0.5) is 0 Å². The number of nitrogens with one attached hydrogen (secondary N) is 1. The van der Waals surface area contributed by atoms with Crippen molar-refractivity contribution in [3.05, 3.63) is 0 Å². The average molecular weight is 282 g/mol. The lowest BCUT2D eigenvalue weighted by Crippen LogP contribution is -2.69. The summed E-state index contributed by atoms with van der Waals surface area (Å²) in [5, 5.41) is 2.87. The first-order valence-corrected chi connectivity index (χ1v) is 8.13. The molecule has 0 spiro atoms. The van der Waals surface area contributed by atoms with Crippen LogP contribution in [0.25, 0.3) is 0 Å². The maximum atomic E-state index is 12.5. The summed E-state index contributed by atoms with van der Waals surface area (Å²) in [5.41, 5.74) is -0.673. The van der Waals surface area contributed by atoms with E-state index in [4.69, 9.17) is 0 Å². The first kappa shape index (κ1) is 17.0.